The minimum atomic E-state index is 0.605. The normalized spacial score (nSPS) is 11.5. The Hall–Kier alpha value is -1.97. The minimum absolute atomic E-state index is 0.605. The fourth-order valence-electron chi connectivity index (χ4n) is 1.52. The molecule has 0 aliphatic heterocycles. The van der Waals surface area contributed by atoms with E-state index >= 15 is 0 Å². The van der Waals surface area contributed by atoms with Gasteiger partial charge in [0.2, 0.25) is 0 Å². The summed E-state index contributed by atoms with van der Waals surface area (Å²) < 4.78 is 1.96. The fraction of sp³-hybridized carbons (Fsp3) is 0.308. The van der Waals surface area contributed by atoms with Gasteiger partial charge >= 0.3 is 0 Å². The van der Waals surface area contributed by atoms with Gasteiger partial charge in [-0.15, -0.1) is 0 Å². The lowest BCUT2D eigenvalue weighted by molar-refractivity contribution is 0.483. The van der Waals surface area contributed by atoms with Crippen molar-refractivity contribution in [1.29, 1.82) is 0 Å². The van der Waals surface area contributed by atoms with Gasteiger partial charge in [0, 0.05) is 24.5 Å². The molecule has 0 unspecified atom stereocenters. The van der Waals surface area contributed by atoms with Crippen molar-refractivity contribution in [1.82, 2.24) is 19.7 Å². The standard InChI is InChI=1S/C13H16N4/c1-11(2)8-17-9-12(7-16-17)3-4-13-5-6-14-10-15-13/h3-7,9-11H,8H2,1-2H3/b4-3+. The molecule has 0 N–H and O–H groups in total. The first-order valence-corrected chi connectivity index (χ1v) is 5.70. The third-order valence-corrected chi connectivity index (χ3v) is 2.26. The summed E-state index contributed by atoms with van der Waals surface area (Å²) in [7, 11) is 0. The quantitative estimate of drug-likeness (QED) is 0.807. The van der Waals surface area contributed by atoms with Crippen LogP contribution in [0.2, 0.25) is 0 Å². The lowest BCUT2D eigenvalue weighted by Gasteiger charge is -2.02. The molecule has 4 heteroatoms. The van der Waals surface area contributed by atoms with Gasteiger partial charge in [-0.2, -0.15) is 5.10 Å². The molecule has 0 aromatic carbocycles. The maximum absolute atomic E-state index is 4.30. The molecule has 0 aliphatic rings. The van der Waals surface area contributed by atoms with Crippen LogP contribution in [0.4, 0.5) is 0 Å². The molecule has 2 rings (SSSR count). The van der Waals surface area contributed by atoms with Gasteiger partial charge in [0.1, 0.15) is 6.33 Å². The van der Waals surface area contributed by atoms with Crippen LogP contribution in [0.25, 0.3) is 12.2 Å². The lowest BCUT2D eigenvalue weighted by atomic mass is 10.2. The van der Waals surface area contributed by atoms with Crippen LogP contribution in [-0.4, -0.2) is 19.7 Å². The van der Waals surface area contributed by atoms with Crippen LogP contribution in [0.1, 0.15) is 25.1 Å². The van der Waals surface area contributed by atoms with Gasteiger partial charge in [0.05, 0.1) is 11.9 Å². The molecule has 0 fully saturated rings. The molecule has 17 heavy (non-hydrogen) atoms. The van der Waals surface area contributed by atoms with E-state index in [1.807, 2.05) is 35.3 Å². The first-order chi connectivity index (χ1) is 8.24. The summed E-state index contributed by atoms with van der Waals surface area (Å²) in [5, 5.41) is 4.30. The molecule has 4 nitrogen and oxygen atoms in total. The number of aromatic nitrogens is 4. The summed E-state index contributed by atoms with van der Waals surface area (Å²) in [6.45, 7) is 5.30. The van der Waals surface area contributed by atoms with Crippen LogP contribution in [0.5, 0.6) is 0 Å². The van der Waals surface area contributed by atoms with Gasteiger partial charge in [-0.1, -0.05) is 13.8 Å². The van der Waals surface area contributed by atoms with E-state index < -0.39 is 0 Å². The van der Waals surface area contributed by atoms with Crippen molar-refractivity contribution >= 4 is 12.2 Å². The maximum atomic E-state index is 4.30. The predicted molar refractivity (Wildman–Crippen MR) is 68.0 cm³/mol. The molecule has 2 heterocycles. The summed E-state index contributed by atoms with van der Waals surface area (Å²) in [5.74, 6) is 0.605. The Morgan fingerprint density at radius 2 is 2.24 bits per heavy atom. The highest BCUT2D eigenvalue weighted by Gasteiger charge is 1.98. The minimum Gasteiger partial charge on any atom is -0.272 e. The van der Waals surface area contributed by atoms with Gasteiger partial charge in [0.15, 0.2) is 0 Å². The van der Waals surface area contributed by atoms with E-state index in [1.165, 1.54) is 0 Å². The predicted octanol–water partition coefficient (Wildman–Crippen LogP) is 2.50. The van der Waals surface area contributed by atoms with Gasteiger partial charge in [0.25, 0.3) is 0 Å². The summed E-state index contributed by atoms with van der Waals surface area (Å²) in [6.07, 6.45) is 11.1. The Morgan fingerprint density at radius 1 is 1.35 bits per heavy atom. The van der Waals surface area contributed by atoms with Gasteiger partial charge in [-0.25, -0.2) is 9.97 Å². The molecule has 0 radical (unpaired) electrons. The Balaban J connectivity index is 2.04. The van der Waals surface area contributed by atoms with Crippen molar-refractivity contribution in [3.63, 3.8) is 0 Å². The van der Waals surface area contributed by atoms with E-state index in [1.54, 1.807) is 12.5 Å². The molecule has 0 atom stereocenters. The smallest absolute Gasteiger partial charge is 0.115 e. The summed E-state index contributed by atoms with van der Waals surface area (Å²) in [4.78, 5) is 8.00. The van der Waals surface area contributed by atoms with E-state index in [-0.39, 0.29) is 0 Å². The van der Waals surface area contributed by atoms with Crippen molar-refractivity contribution in [2.24, 2.45) is 5.92 Å². The zero-order valence-corrected chi connectivity index (χ0v) is 10.1. The van der Waals surface area contributed by atoms with Crippen LogP contribution < -0.4 is 0 Å². The number of hydrogen-bond donors (Lipinski definition) is 0. The SMILES string of the molecule is CC(C)Cn1cc(/C=C/c2ccncn2)cn1. The Morgan fingerprint density at radius 3 is 2.94 bits per heavy atom. The van der Waals surface area contributed by atoms with Crippen molar-refractivity contribution < 1.29 is 0 Å². The van der Waals surface area contributed by atoms with Crippen molar-refractivity contribution in [3.8, 4) is 0 Å². The number of hydrogen-bond acceptors (Lipinski definition) is 3. The van der Waals surface area contributed by atoms with Gasteiger partial charge in [-0.05, 0) is 24.1 Å². The van der Waals surface area contributed by atoms with Crippen molar-refractivity contribution in [3.05, 3.63) is 42.2 Å². The topological polar surface area (TPSA) is 43.6 Å². The number of rotatable bonds is 4. The van der Waals surface area contributed by atoms with Crippen LogP contribution in [-0.2, 0) is 6.54 Å². The molecule has 0 spiro atoms. The molecule has 0 amide bonds. The highest BCUT2D eigenvalue weighted by Crippen LogP contribution is 2.06. The van der Waals surface area contributed by atoms with Gasteiger partial charge < -0.3 is 0 Å². The Bertz CT molecular complexity index is 485. The number of nitrogens with zero attached hydrogens (tertiary/aromatic N) is 4. The summed E-state index contributed by atoms with van der Waals surface area (Å²) in [6, 6.07) is 1.87. The van der Waals surface area contributed by atoms with E-state index in [2.05, 4.69) is 28.9 Å². The van der Waals surface area contributed by atoms with Gasteiger partial charge in [-0.3, -0.25) is 4.68 Å². The van der Waals surface area contributed by atoms with Crippen LogP contribution in [0, 0.1) is 5.92 Å². The fourth-order valence-corrected chi connectivity index (χ4v) is 1.52. The molecular weight excluding hydrogens is 212 g/mol. The Kier molecular flexibility index (Phi) is 3.65. The molecule has 0 saturated heterocycles. The second kappa shape index (κ2) is 5.39. The van der Waals surface area contributed by atoms with E-state index in [9.17, 15) is 0 Å². The van der Waals surface area contributed by atoms with E-state index in [0.717, 1.165) is 17.8 Å². The second-order valence-corrected chi connectivity index (χ2v) is 4.36. The van der Waals surface area contributed by atoms with Crippen LogP contribution in [0.3, 0.4) is 0 Å². The average molecular weight is 228 g/mol. The zero-order valence-electron chi connectivity index (χ0n) is 10.1. The van der Waals surface area contributed by atoms with E-state index in [4.69, 9.17) is 0 Å². The molecule has 2 aromatic heterocycles. The first kappa shape index (κ1) is 11.5. The lowest BCUT2D eigenvalue weighted by Crippen LogP contribution is -2.03. The molecule has 0 aliphatic carbocycles. The molecular formula is C13H16N4. The third kappa shape index (κ3) is 3.52. The largest absolute Gasteiger partial charge is 0.272 e. The highest BCUT2D eigenvalue weighted by molar-refractivity contribution is 5.66. The van der Waals surface area contributed by atoms with Crippen LogP contribution >= 0.6 is 0 Å². The van der Waals surface area contributed by atoms with Crippen molar-refractivity contribution in [2.45, 2.75) is 20.4 Å². The summed E-state index contributed by atoms with van der Waals surface area (Å²) in [5.41, 5.74) is 1.99. The van der Waals surface area contributed by atoms with E-state index in [0.29, 0.717) is 5.92 Å². The summed E-state index contributed by atoms with van der Waals surface area (Å²) >= 11 is 0. The highest BCUT2D eigenvalue weighted by atomic mass is 15.3. The second-order valence-electron chi connectivity index (χ2n) is 4.36. The molecule has 2 aromatic rings. The molecule has 0 bridgehead atoms. The first-order valence-electron chi connectivity index (χ1n) is 5.70. The zero-order chi connectivity index (χ0) is 12.1. The van der Waals surface area contributed by atoms with Crippen LogP contribution in [0.15, 0.2) is 31.0 Å². The average Bonchev–Trinajstić information content (AvgIpc) is 2.75. The molecule has 88 valence electrons. The van der Waals surface area contributed by atoms with Crippen molar-refractivity contribution in [2.75, 3.05) is 0 Å². The molecule has 0 saturated carbocycles. The Labute approximate surface area is 101 Å². The third-order valence-electron chi connectivity index (χ3n) is 2.26. The maximum Gasteiger partial charge on any atom is 0.115 e. The monoisotopic (exact) mass is 228 g/mol.